The van der Waals surface area contributed by atoms with Crippen LogP contribution < -0.4 is 5.32 Å². The summed E-state index contributed by atoms with van der Waals surface area (Å²) in [5.74, 6) is 0.306. The first kappa shape index (κ1) is 19.0. The zero-order valence-electron chi connectivity index (χ0n) is 16.5. The predicted octanol–water partition coefficient (Wildman–Crippen LogP) is 4.36. The lowest BCUT2D eigenvalue weighted by Gasteiger charge is -2.39. The van der Waals surface area contributed by atoms with Gasteiger partial charge in [0, 0.05) is 30.0 Å². The molecule has 2 aliphatic heterocycles. The minimum atomic E-state index is 0.306. The number of nitrogens with zero attached hydrogens (tertiary/aromatic N) is 1. The quantitative estimate of drug-likeness (QED) is 0.582. The van der Waals surface area contributed by atoms with E-state index >= 15 is 0 Å². The molecule has 3 unspecified atom stereocenters. The van der Waals surface area contributed by atoms with Crippen LogP contribution in [-0.4, -0.2) is 41.7 Å². The molecule has 3 rings (SSSR count). The third-order valence-corrected chi connectivity index (χ3v) is 7.34. The highest BCUT2D eigenvalue weighted by Crippen LogP contribution is 2.53. The molecule has 25 heavy (non-hydrogen) atoms. The third-order valence-electron chi connectivity index (χ3n) is 6.06. The molecule has 1 N–H and O–H groups in total. The van der Waals surface area contributed by atoms with Crippen molar-refractivity contribution in [1.29, 1.82) is 0 Å². The fourth-order valence-corrected chi connectivity index (χ4v) is 6.37. The molecule has 0 aromatic heterocycles. The van der Waals surface area contributed by atoms with Gasteiger partial charge in [-0.05, 0) is 55.4 Å². The lowest BCUT2D eigenvalue weighted by Crippen LogP contribution is -2.38. The number of carbonyl (C=O) groups is 1. The fraction of sp³-hybridized carbons (Fsp3) is 0.762. The van der Waals surface area contributed by atoms with Crippen molar-refractivity contribution < 1.29 is 4.79 Å². The Balaban J connectivity index is 1.62. The predicted molar refractivity (Wildman–Crippen MR) is 108 cm³/mol. The first-order chi connectivity index (χ1) is 11.7. The van der Waals surface area contributed by atoms with Gasteiger partial charge in [-0.1, -0.05) is 39.3 Å². The molecule has 0 radical (unpaired) electrons. The molecule has 0 aromatic rings. The summed E-state index contributed by atoms with van der Waals surface area (Å²) in [5, 5.41) is 5.91. The van der Waals surface area contributed by atoms with Gasteiger partial charge in [0.25, 0.3) is 5.91 Å². The van der Waals surface area contributed by atoms with Gasteiger partial charge in [-0.3, -0.25) is 4.79 Å². The van der Waals surface area contributed by atoms with Crippen molar-refractivity contribution in [3.63, 3.8) is 0 Å². The molecule has 3 nitrogen and oxygen atoms in total. The summed E-state index contributed by atoms with van der Waals surface area (Å²) in [6, 6.07) is 0.441. The molecule has 140 valence electrons. The second-order valence-corrected chi connectivity index (χ2v) is 10.5. The highest BCUT2D eigenvalue weighted by atomic mass is 32.2. The molecule has 1 saturated heterocycles. The average molecular weight is 363 g/mol. The van der Waals surface area contributed by atoms with Crippen LogP contribution in [0.25, 0.3) is 0 Å². The number of likely N-dealkylation sites (tertiary alicyclic amines) is 1. The maximum atomic E-state index is 13.2. The summed E-state index contributed by atoms with van der Waals surface area (Å²) in [7, 11) is 0. The van der Waals surface area contributed by atoms with Crippen LogP contribution in [0.1, 0.15) is 60.3 Å². The summed E-state index contributed by atoms with van der Waals surface area (Å²) in [6.45, 7) is 14.3. The van der Waals surface area contributed by atoms with Gasteiger partial charge in [-0.2, -0.15) is 0 Å². The molecule has 1 amide bonds. The van der Waals surface area contributed by atoms with E-state index in [0.29, 0.717) is 28.0 Å². The lowest BCUT2D eigenvalue weighted by molar-refractivity contribution is -0.128. The molecule has 1 saturated carbocycles. The molecule has 0 aromatic carbocycles. The molecule has 3 atom stereocenters. The van der Waals surface area contributed by atoms with Crippen LogP contribution in [0, 0.1) is 10.8 Å². The van der Waals surface area contributed by atoms with Crippen LogP contribution in [-0.2, 0) is 4.79 Å². The summed E-state index contributed by atoms with van der Waals surface area (Å²) < 4.78 is 0. The lowest BCUT2D eigenvalue weighted by atomic mass is 9.65. The Hall–Kier alpha value is -0.740. The summed E-state index contributed by atoms with van der Waals surface area (Å²) in [4.78, 5) is 15.4. The van der Waals surface area contributed by atoms with Crippen LogP contribution in [0.2, 0.25) is 0 Å². The van der Waals surface area contributed by atoms with Gasteiger partial charge in [0.15, 0.2) is 0 Å². The SMILES string of the molecule is CCNC/C=C(\C)C1CC(C(=O)N2CC3(C)CC2CC(C)(C)C3)=CS1. The van der Waals surface area contributed by atoms with Crippen LogP contribution in [0.5, 0.6) is 0 Å². The number of amides is 1. The largest absolute Gasteiger partial charge is 0.335 e. The van der Waals surface area contributed by atoms with Crippen LogP contribution in [0.3, 0.4) is 0 Å². The van der Waals surface area contributed by atoms with Gasteiger partial charge in [0.1, 0.15) is 0 Å². The summed E-state index contributed by atoms with van der Waals surface area (Å²) in [5.41, 5.74) is 3.09. The maximum Gasteiger partial charge on any atom is 0.250 e. The number of hydrogen-bond acceptors (Lipinski definition) is 3. The Kier molecular flexibility index (Phi) is 5.41. The number of thioether (sulfide) groups is 1. The fourth-order valence-electron chi connectivity index (χ4n) is 5.26. The van der Waals surface area contributed by atoms with E-state index in [2.05, 4.69) is 56.3 Å². The van der Waals surface area contributed by atoms with Crippen molar-refractivity contribution in [3.8, 4) is 0 Å². The van der Waals surface area contributed by atoms with E-state index < -0.39 is 0 Å². The van der Waals surface area contributed by atoms with Crippen LogP contribution >= 0.6 is 11.8 Å². The number of hydrogen-bond donors (Lipinski definition) is 1. The second-order valence-electron chi connectivity index (χ2n) is 9.37. The molecule has 2 bridgehead atoms. The Labute approximate surface area is 157 Å². The van der Waals surface area contributed by atoms with E-state index in [1.807, 2.05) is 11.8 Å². The minimum Gasteiger partial charge on any atom is -0.335 e. The maximum absolute atomic E-state index is 13.2. The standard InChI is InChI=1S/C21H34N2OS/c1-6-22-8-7-15(2)18-9-16(12-25-18)19(24)23-14-21(5)11-17(23)10-20(3,4)13-21/h7,12,17-18,22H,6,8-11,13-14H2,1-5H3/b15-7+. The smallest absolute Gasteiger partial charge is 0.250 e. The Morgan fingerprint density at radius 2 is 2.16 bits per heavy atom. The highest BCUT2D eigenvalue weighted by Gasteiger charge is 2.51. The van der Waals surface area contributed by atoms with E-state index in [1.165, 1.54) is 18.4 Å². The Morgan fingerprint density at radius 1 is 1.40 bits per heavy atom. The van der Waals surface area contributed by atoms with Crippen LogP contribution in [0.15, 0.2) is 22.6 Å². The molecule has 2 fully saturated rings. The van der Waals surface area contributed by atoms with E-state index in [0.717, 1.165) is 38.0 Å². The zero-order chi connectivity index (χ0) is 18.2. The molecular formula is C21H34N2OS. The Bertz CT molecular complexity index is 595. The third kappa shape index (κ3) is 4.16. The van der Waals surface area contributed by atoms with Crippen molar-refractivity contribution >= 4 is 17.7 Å². The van der Waals surface area contributed by atoms with Crippen molar-refractivity contribution in [2.24, 2.45) is 10.8 Å². The number of carbonyl (C=O) groups excluding carboxylic acids is 1. The summed E-state index contributed by atoms with van der Waals surface area (Å²) in [6.07, 6.45) is 6.74. The number of likely N-dealkylation sites (N-methyl/N-ethyl adjacent to an activating group) is 1. The first-order valence-corrected chi connectivity index (χ1v) is 10.7. The number of nitrogens with one attached hydrogen (secondary N) is 1. The molecule has 0 spiro atoms. The minimum absolute atomic E-state index is 0.306. The van der Waals surface area contributed by atoms with E-state index in [4.69, 9.17) is 0 Å². The second kappa shape index (κ2) is 7.11. The summed E-state index contributed by atoms with van der Waals surface area (Å²) >= 11 is 1.82. The molecule has 2 heterocycles. The molecular weight excluding hydrogens is 328 g/mol. The normalized spacial score (nSPS) is 34.4. The van der Waals surface area contributed by atoms with Gasteiger partial charge >= 0.3 is 0 Å². The van der Waals surface area contributed by atoms with E-state index in [-0.39, 0.29) is 0 Å². The highest BCUT2D eigenvalue weighted by molar-refractivity contribution is 8.03. The van der Waals surface area contributed by atoms with Gasteiger partial charge in [0.05, 0.1) is 0 Å². The van der Waals surface area contributed by atoms with Gasteiger partial charge in [-0.15, -0.1) is 11.8 Å². The van der Waals surface area contributed by atoms with Gasteiger partial charge in [0.2, 0.25) is 0 Å². The number of fused-ring (bicyclic) bond motifs is 2. The van der Waals surface area contributed by atoms with E-state index in [9.17, 15) is 4.79 Å². The number of rotatable bonds is 5. The monoisotopic (exact) mass is 362 g/mol. The average Bonchev–Trinajstić information content (AvgIpc) is 3.08. The van der Waals surface area contributed by atoms with Crippen molar-refractivity contribution in [3.05, 3.63) is 22.6 Å². The molecule has 4 heteroatoms. The Morgan fingerprint density at radius 3 is 2.88 bits per heavy atom. The van der Waals surface area contributed by atoms with Gasteiger partial charge in [-0.25, -0.2) is 0 Å². The van der Waals surface area contributed by atoms with Crippen molar-refractivity contribution in [2.75, 3.05) is 19.6 Å². The van der Waals surface area contributed by atoms with Gasteiger partial charge < -0.3 is 10.2 Å². The zero-order valence-corrected chi connectivity index (χ0v) is 17.3. The molecule has 3 aliphatic rings. The first-order valence-electron chi connectivity index (χ1n) is 9.76. The van der Waals surface area contributed by atoms with Crippen LogP contribution in [0.4, 0.5) is 0 Å². The molecule has 1 aliphatic carbocycles. The van der Waals surface area contributed by atoms with E-state index in [1.54, 1.807) is 0 Å². The van der Waals surface area contributed by atoms with Crippen molar-refractivity contribution in [2.45, 2.75) is 71.6 Å². The van der Waals surface area contributed by atoms with Crippen molar-refractivity contribution in [1.82, 2.24) is 10.2 Å². The topological polar surface area (TPSA) is 32.3 Å².